The Kier molecular flexibility index (Phi) is 3.56. The van der Waals surface area contributed by atoms with E-state index in [9.17, 15) is 0 Å². The third-order valence-electron chi connectivity index (χ3n) is 2.20. The lowest BCUT2D eigenvalue weighted by atomic mass is 10.0. The Morgan fingerprint density at radius 1 is 1.38 bits per heavy atom. The molecule has 70 valence electrons. The molecule has 0 fully saturated rings. The van der Waals surface area contributed by atoms with E-state index < -0.39 is 0 Å². The molecule has 13 heavy (non-hydrogen) atoms. The standard InChI is InChI=1S/C12H15Cl/c1-9-4-6-12(7-5-9)8-10(2)11(3)13/h4-7,10H,3,8H2,1-2H3. The molecule has 0 N–H and O–H groups in total. The van der Waals surface area contributed by atoms with Crippen LogP contribution in [0.15, 0.2) is 35.9 Å². The van der Waals surface area contributed by atoms with Gasteiger partial charge in [-0.3, -0.25) is 0 Å². The van der Waals surface area contributed by atoms with E-state index in [0.29, 0.717) is 5.92 Å². The van der Waals surface area contributed by atoms with Crippen molar-refractivity contribution < 1.29 is 0 Å². The van der Waals surface area contributed by atoms with Crippen molar-refractivity contribution >= 4 is 11.6 Å². The lowest BCUT2D eigenvalue weighted by Gasteiger charge is -2.09. The van der Waals surface area contributed by atoms with E-state index in [4.69, 9.17) is 11.6 Å². The molecular formula is C12H15Cl. The molecule has 1 rings (SSSR count). The zero-order valence-electron chi connectivity index (χ0n) is 8.18. The molecule has 0 heterocycles. The van der Waals surface area contributed by atoms with Crippen LogP contribution in [0.5, 0.6) is 0 Å². The summed E-state index contributed by atoms with van der Waals surface area (Å²) in [6.45, 7) is 7.92. The molecule has 0 radical (unpaired) electrons. The van der Waals surface area contributed by atoms with Gasteiger partial charge in [0.1, 0.15) is 0 Å². The lowest BCUT2D eigenvalue weighted by Crippen LogP contribution is -1.98. The normalized spacial score (nSPS) is 12.5. The van der Waals surface area contributed by atoms with Gasteiger partial charge in [-0.25, -0.2) is 0 Å². The summed E-state index contributed by atoms with van der Waals surface area (Å²) in [4.78, 5) is 0. The Hall–Kier alpha value is -0.750. The maximum Gasteiger partial charge on any atom is 0.0140 e. The molecule has 1 aromatic rings. The summed E-state index contributed by atoms with van der Waals surface area (Å²) in [5.74, 6) is 0.351. The van der Waals surface area contributed by atoms with Crippen molar-refractivity contribution in [1.29, 1.82) is 0 Å². The molecule has 1 atom stereocenters. The Morgan fingerprint density at radius 3 is 2.38 bits per heavy atom. The number of rotatable bonds is 3. The zero-order chi connectivity index (χ0) is 9.84. The largest absolute Gasteiger partial charge is 0.0895 e. The monoisotopic (exact) mass is 194 g/mol. The fourth-order valence-corrected chi connectivity index (χ4v) is 1.27. The summed E-state index contributed by atoms with van der Waals surface area (Å²) in [6.07, 6.45) is 0.975. The fraction of sp³-hybridized carbons (Fsp3) is 0.333. The first-order valence-corrected chi connectivity index (χ1v) is 4.87. The molecule has 0 nitrogen and oxygen atoms in total. The first kappa shape index (κ1) is 10.3. The minimum absolute atomic E-state index is 0.351. The van der Waals surface area contributed by atoms with Gasteiger partial charge < -0.3 is 0 Å². The second-order valence-corrected chi connectivity index (χ2v) is 4.02. The predicted molar refractivity (Wildman–Crippen MR) is 59.0 cm³/mol. The molecule has 0 saturated heterocycles. The van der Waals surface area contributed by atoms with Gasteiger partial charge in [0.15, 0.2) is 0 Å². The van der Waals surface area contributed by atoms with Gasteiger partial charge in [0.05, 0.1) is 0 Å². The quantitative estimate of drug-likeness (QED) is 0.684. The van der Waals surface area contributed by atoms with Crippen LogP contribution < -0.4 is 0 Å². The molecule has 0 aliphatic rings. The van der Waals surface area contributed by atoms with Gasteiger partial charge in [-0.05, 0) is 24.8 Å². The van der Waals surface area contributed by atoms with E-state index in [-0.39, 0.29) is 0 Å². The van der Waals surface area contributed by atoms with Gasteiger partial charge in [-0.15, -0.1) is 0 Å². The SMILES string of the molecule is C=C(Cl)C(C)Cc1ccc(C)cc1. The number of aryl methyl sites for hydroxylation is 1. The number of hydrogen-bond acceptors (Lipinski definition) is 0. The van der Waals surface area contributed by atoms with Crippen molar-refractivity contribution in [2.24, 2.45) is 5.92 Å². The van der Waals surface area contributed by atoms with Crippen molar-refractivity contribution in [2.75, 3.05) is 0 Å². The highest BCUT2D eigenvalue weighted by Crippen LogP contribution is 2.18. The van der Waals surface area contributed by atoms with Crippen LogP contribution in [0.3, 0.4) is 0 Å². The van der Waals surface area contributed by atoms with Crippen LogP contribution in [0.4, 0.5) is 0 Å². The fourth-order valence-electron chi connectivity index (χ4n) is 1.19. The van der Waals surface area contributed by atoms with Crippen LogP contribution in [0.2, 0.25) is 0 Å². The van der Waals surface area contributed by atoms with E-state index in [1.54, 1.807) is 0 Å². The van der Waals surface area contributed by atoms with Gasteiger partial charge in [-0.1, -0.05) is 54.9 Å². The van der Waals surface area contributed by atoms with Crippen molar-refractivity contribution in [1.82, 2.24) is 0 Å². The van der Waals surface area contributed by atoms with Crippen LogP contribution in [0, 0.1) is 12.8 Å². The smallest absolute Gasteiger partial charge is 0.0140 e. The number of halogens is 1. The summed E-state index contributed by atoms with van der Waals surface area (Å²) < 4.78 is 0. The van der Waals surface area contributed by atoms with Crippen LogP contribution in [-0.2, 0) is 6.42 Å². The molecule has 0 aromatic heterocycles. The van der Waals surface area contributed by atoms with Gasteiger partial charge in [-0.2, -0.15) is 0 Å². The maximum absolute atomic E-state index is 5.81. The van der Waals surface area contributed by atoms with E-state index in [0.717, 1.165) is 11.5 Å². The highest BCUT2D eigenvalue weighted by molar-refractivity contribution is 6.29. The minimum atomic E-state index is 0.351. The Labute approximate surface area is 85.2 Å². The molecule has 1 unspecified atom stereocenters. The van der Waals surface area contributed by atoms with Crippen molar-refractivity contribution in [3.05, 3.63) is 47.0 Å². The first-order valence-electron chi connectivity index (χ1n) is 4.49. The summed E-state index contributed by atoms with van der Waals surface area (Å²) in [5.41, 5.74) is 2.61. The second-order valence-electron chi connectivity index (χ2n) is 3.54. The third kappa shape index (κ3) is 3.23. The molecular weight excluding hydrogens is 180 g/mol. The Balaban J connectivity index is 2.64. The molecule has 0 spiro atoms. The summed E-state index contributed by atoms with van der Waals surface area (Å²) in [5, 5.41) is 0.737. The Morgan fingerprint density at radius 2 is 1.92 bits per heavy atom. The lowest BCUT2D eigenvalue weighted by molar-refractivity contribution is 0.711. The molecule has 1 heteroatoms. The summed E-state index contributed by atoms with van der Waals surface area (Å²) >= 11 is 5.81. The Bertz CT molecular complexity index is 284. The predicted octanol–water partition coefficient (Wildman–Crippen LogP) is 3.93. The van der Waals surface area contributed by atoms with Crippen LogP contribution in [-0.4, -0.2) is 0 Å². The molecule has 0 saturated carbocycles. The molecule has 0 bridgehead atoms. The molecule has 0 amide bonds. The van der Waals surface area contributed by atoms with Crippen molar-refractivity contribution in [3.8, 4) is 0 Å². The van der Waals surface area contributed by atoms with Gasteiger partial charge in [0.2, 0.25) is 0 Å². The highest BCUT2D eigenvalue weighted by Gasteiger charge is 2.04. The van der Waals surface area contributed by atoms with E-state index in [1.807, 2.05) is 0 Å². The van der Waals surface area contributed by atoms with Crippen molar-refractivity contribution in [3.63, 3.8) is 0 Å². The van der Waals surface area contributed by atoms with Crippen LogP contribution in [0.25, 0.3) is 0 Å². The summed E-state index contributed by atoms with van der Waals surface area (Å²) in [7, 11) is 0. The van der Waals surface area contributed by atoms with E-state index in [2.05, 4.69) is 44.7 Å². The van der Waals surface area contributed by atoms with Crippen LogP contribution >= 0.6 is 11.6 Å². The average Bonchev–Trinajstić information content (AvgIpc) is 2.08. The van der Waals surface area contributed by atoms with Gasteiger partial charge in [0.25, 0.3) is 0 Å². The summed E-state index contributed by atoms with van der Waals surface area (Å²) in [6, 6.07) is 8.54. The highest BCUT2D eigenvalue weighted by atomic mass is 35.5. The van der Waals surface area contributed by atoms with E-state index in [1.165, 1.54) is 11.1 Å². The number of benzene rings is 1. The molecule has 0 aliphatic heterocycles. The second kappa shape index (κ2) is 4.48. The van der Waals surface area contributed by atoms with E-state index >= 15 is 0 Å². The average molecular weight is 195 g/mol. The maximum atomic E-state index is 5.81. The van der Waals surface area contributed by atoms with Crippen molar-refractivity contribution in [2.45, 2.75) is 20.3 Å². The van der Waals surface area contributed by atoms with Gasteiger partial charge in [0, 0.05) is 5.03 Å². The zero-order valence-corrected chi connectivity index (χ0v) is 8.93. The third-order valence-corrected chi connectivity index (χ3v) is 2.57. The molecule has 1 aromatic carbocycles. The number of hydrogen-bond donors (Lipinski definition) is 0. The van der Waals surface area contributed by atoms with Gasteiger partial charge >= 0.3 is 0 Å². The number of allylic oxidation sites excluding steroid dienone is 1. The topological polar surface area (TPSA) is 0 Å². The molecule has 0 aliphatic carbocycles. The van der Waals surface area contributed by atoms with Crippen LogP contribution in [0.1, 0.15) is 18.1 Å². The first-order chi connectivity index (χ1) is 6.09. The minimum Gasteiger partial charge on any atom is -0.0895 e.